The Morgan fingerprint density at radius 1 is 1.11 bits per heavy atom. The third-order valence-corrected chi connectivity index (χ3v) is 6.42. The van der Waals surface area contributed by atoms with E-state index in [2.05, 4.69) is 27.3 Å². The van der Waals surface area contributed by atoms with Crippen molar-refractivity contribution in [3.8, 4) is 11.8 Å². The number of anilines is 1. The quantitative estimate of drug-likeness (QED) is 0.302. The monoisotopic (exact) mass is 563 g/mol. The molecule has 1 aliphatic heterocycles. The second-order valence-corrected chi connectivity index (χ2v) is 9.11. The van der Waals surface area contributed by atoms with Crippen LogP contribution in [0.3, 0.4) is 0 Å². The van der Waals surface area contributed by atoms with E-state index in [-0.39, 0.29) is 17.2 Å². The van der Waals surface area contributed by atoms with Crippen molar-refractivity contribution in [2.75, 3.05) is 4.90 Å². The van der Waals surface area contributed by atoms with E-state index in [1.165, 1.54) is 6.08 Å². The summed E-state index contributed by atoms with van der Waals surface area (Å²) in [7, 11) is 0. The summed E-state index contributed by atoms with van der Waals surface area (Å²) in [5, 5.41) is 11.7. The van der Waals surface area contributed by atoms with Crippen LogP contribution < -0.4 is 15.0 Å². The maximum Gasteiger partial charge on any atom is 0.335 e. The van der Waals surface area contributed by atoms with Crippen LogP contribution >= 0.6 is 27.5 Å². The van der Waals surface area contributed by atoms with E-state index in [4.69, 9.17) is 16.3 Å². The summed E-state index contributed by atoms with van der Waals surface area (Å²) in [6.45, 7) is 2.12. The van der Waals surface area contributed by atoms with Crippen molar-refractivity contribution in [2.24, 2.45) is 0 Å². The zero-order chi connectivity index (χ0) is 25.8. The zero-order valence-corrected chi connectivity index (χ0v) is 21.4. The molecular weight excluding hydrogens is 546 g/mol. The van der Waals surface area contributed by atoms with E-state index < -0.39 is 17.8 Å². The van der Waals surface area contributed by atoms with Gasteiger partial charge >= 0.3 is 6.03 Å². The third kappa shape index (κ3) is 5.18. The number of imide groups is 2. The molecule has 4 rings (SSSR count). The van der Waals surface area contributed by atoms with Crippen LogP contribution in [0.4, 0.5) is 10.5 Å². The molecule has 1 saturated heterocycles. The summed E-state index contributed by atoms with van der Waals surface area (Å²) in [5.41, 5.74) is 2.84. The molecule has 1 fully saturated rings. The third-order valence-electron chi connectivity index (χ3n) is 5.55. The van der Waals surface area contributed by atoms with Crippen LogP contribution in [0.5, 0.6) is 5.75 Å². The SMILES string of the molecule is CCc1ccc(N2C(=O)NC(=O)/C(=C/c3cc(Cl)c(OCc4ccccc4C#N)c(Br)c3)C2=O)cc1. The van der Waals surface area contributed by atoms with Crippen molar-refractivity contribution in [1.29, 1.82) is 5.26 Å². The molecule has 0 aromatic heterocycles. The highest BCUT2D eigenvalue weighted by Crippen LogP contribution is 2.36. The topological polar surface area (TPSA) is 99.5 Å². The van der Waals surface area contributed by atoms with Gasteiger partial charge in [0.05, 0.1) is 26.8 Å². The summed E-state index contributed by atoms with van der Waals surface area (Å²) >= 11 is 9.86. The van der Waals surface area contributed by atoms with Gasteiger partial charge in [0.15, 0.2) is 5.75 Å². The molecule has 0 atom stereocenters. The van der Waals surface area contributed by atoms with E-state index in [9.17, 15) is 19.6 Å². The number of barbiturate groups is 1. The maximum atomic E-state index is 13.1. The van der Waals surface area contributed by atoms with Gasteiger partial charge in [0.2, 0.25) is 0 Å². The molecule has 0 radical (unpaired) electrons. The van der Waals surface area contributed by atoms with Gasteiger partial charge in [-0.15, -0.1) is 0 Å². The van der Waals surface area contributed by atoms with E-state index in [1.807, 2.05) is 25.1 Å². The first-order valence-corrected chi connectivity index (χ1v) is 12.1. The van der Waals surface area contributed by atoms with Crippen molar-refractivity contribution in [3.63, 3.8) is 0 Å². The number of benzene rings is 3. The number of carbonyl (C=O) groups excluding carboxylic acids is 3. The normalized spacial score (nSPS) is 14.6. The number of ether oxygens (including phenoxy) is 1. The molecule has 0 spiro atoms. The highest BCUT2D eigenvalue weighted by atomic mass is 79.9. The van der Waals surface area contributed by atoms with Crippen LogP contribution in [-0.4, -0.2) is 17.8 Å². The van der Waals surface area contributed by atoms with Gasteiger partial charge in [0.25, 0.3) is 11.8 Å². The number of nitriles is 1. The molecule has 0 saturated carbocycles. The molecule has 3 aromatic carbocycles. The highest BCUT2D eigenvalue weighted by molar-refractivity contribution is 9.10. The van der Waals surface area contributed by atoms with E-state index in [0.717, 1.165) is 16.9 Å². The maximum absolute atomic E-state index is 13.1. The fourth-order valence-corrected chi connectivity index (χ4v) is 4.63. The molecule has 1 N–H and O–H groups in total. The summed E-state index contributed by atoms with van der Waals surface area (Å²) in [4.78, 5) is 39.0. The van der Waals surface area contributed by atoms with Crippen molar-refractivity contribution >= 4 is 57.1 Å². The van der Waals surface area contributed by atoms with Crippen molar-refractivity contribution in [3.05, 3.63) is 98.0 Å². The number of rotatable bonds is 6. The lowest BCUT2D eigenvalue weighted by molar-refractivity contribution is -0.122. The molecular formula is C27H19BrClN3O4. The lowest BCUT2D eigenvalue weighted by atomic mass is 10.1. The van der Waals surface area contributed by atoms with Crippen LogP contribution in [-0.2, 0) is 22.6 Å². The van der Waals surface area contributed by atoms with Gasteiger partial charge in [-0.3, -0.25) is 14.9 Å². The van der Waals surface area contributed by atoms with Crippen molar-refractivity contribution in [1.82, 2.24) is 5.32 Å². The molecule has 180 valence electrons. The number of urea groups is 1. The molecule has 9 heteroatoms. The van der Waals surface area contributed by atoms with Crippen LogP contribution in [0, 0.1) is 11.3 Å². The van der Waals surface area contributed by atoms with Crippen LogP contribution in [0.1, 0.15) is 29.2 Å². The Morgan fingerprint density at radius 2 is 1.83 bits per heavy atom. The van der Waals surface area contributed by atoms with Crippen molar-refractivity contribution in [2.45, 2.75) is 20.0 Å². The lowest BCUT2D eigenvalue weighted by Crippen LogP contribution is -2.54. The Morgan fingerprint density at radius 3 is 2.50 bits per heavy atom. The van der Waals surface area contributed by atoms with E-state index in [1.54, 1.807) is 42.5 Å². The summed E-state index contributed by atoms with van der Waals surface area (Å²) in [6.07, 6.45) is 2.17. The van der Waals surface area contributed by atoms with Gasteiger partial charge in [-0.05, 0) is 69.9 Å². The van der Waals surface area contributed by atoms with Crippen LogP contribution in [0.25, 0.3) is 6.08 Å². The van der Waals surface area contributed by atoms with E-state index in [0.29, 0.717) is 32.6 Å². The first-order valence-electron chi connectivity index (χ1n) is 10.9. The molecule has 0 unspecified atom stereocenters. The van der Waals surface area contributed by atoms with Gasteiger partial charge in [-0.1, -0.05) is 48.9 Å². The number of amides is 4. The molecule has 7 nitrogen and oxygen atoms in total. The molecule has 3 aromatic rings. The number of nitrogens with one attached hydrogen (secondary N) is 1. The minimum atomic E-state index is -0.813. The Balaban J connectivity index is 1.60. The van der Waals surface area contributed by atoms with Gasteiger partial charge < -0.3 is 4.74 Å². The number of aryl methyl sites for hydroxylation is 1. The Labute approximate surface area is 221 Å². The van der Waals surface area contributed by atoms with Gasteiger partial charge in [0, 0.05) is 5.56 Å². The molecule has 1 heterocycles. The van der Waals surface area contributed by atoms with Crippen molar-refractivity contribution < 1.29 is 19.1 Å². The summed E-state index contributed by atoms with van der Waals surface area (Å²) in [6, 6.07) is 18.5. The first-order chi connectivity index (χ1) is 17.3. The average molecular weight is 565 g/mol. The summed E-state index contributed by atoms with van der Waals surface area (Å²) < 4.78 is 6.33. The molecule has 0 aliphatic carbocycles. The minimum absolute atomic E-state index is 0.122. The fourth-order valence-electron chi connectivity index (χ4n) is 3.65. The first kappa shape index (κ1) is 25.2. The predicted molar refractivity (Wildman–Crippen MR) is 139 cm³/mol. The standard InChI is InChI=1S/C27H19BrClN3O4/c1-2-16-7-9-20(10-8-16)32-26(34)21(25(33)31-27(32)35)11-17-12-22(28)24(23(29)13-17)36-15-19-6-4-3-5-18(19)14-30/h3-13H,2,15H2,1H3,(H,31,33,35)/b21-11-. The highest BCUT2D eigenvalue weighted by Gasteiger charge is 2.36. The van der Waals surface area contributed by atoms with Crippen LogP contribution in [0.2, 0.25) is 5.02 Å². The Hall–Kier alpha value is -3.93. The number of halogens is 2. The smallest absolute Gasteiger partial charge is 0.335 e. The van der Waals surface area contributed by atoms with Gasteiger partial charge in [-0.25, -0.2) is 9.69 Å². The largest absolute Gasteiger partial charge is 0.486 e. The number of hydrogen-bond acceptors (Lipinski definition) is 5. The number of hydrogen-bond donors (Lipinski definition) is 1. The van der Waals surface area contributed by atoms with Crippen LogP contribution in [0.15, 0.2) is 70.7 Å². The zero-order valence-electron chi connectivity index (χ0n) is 19.0. The van der Waals surface area contributed by atoms with Gasteiger partial charge in [0.1, 0.15) is 12.2 Å². The van der Waals surface area contributed by atoms with Gasteiger partial charge in [-0.2, -0.15) is 5.26 Å². The molecule has 36 heavy (non-hydrogen) atoms. The summed E-state index contributed by atoms with van der Waals surface area (Å²) in [5.74, 6) is -1.19. The lowest BCUT2D eigenvalue weighted by Gasteiger charge is -2.26. The second-order valence-electron chi connectivity index (χ2n) is 7.85. The Bertz CT molecular complexity index is 1420. The Kier molecular flexibility index (Phi) is 7.53. The van der Waals surface area contributed by atoms with E-state index >= 15 is 0 Å². The fraction of sp³-hybridized carbons (Fsp3) is 0.111. The second kappa shape index (κ2) is 10.8. The average Bonchev–Trinajstić information content (AvgIpc) is 2.86. The minimum Gasteiger partial charge on any atom is -0.486 e. The molecule has 0 bridgehead atoms. The number of carbonyl (C=O) groups is 3. The molecule has 4 amide bonds. The number of nitrogens with zero attached hydrogens (tertiary/aromatic N) is 2. The molecule has 1 aliphatic rings. The predicted octanol–water partition coefficient (Wildman–Crippen LogP) is 5.78.